The molecule has 0 radical (unpaired) electrons. The maximum absolute atomic E-state index is 10.8. The van der Waals surface area contributed by atoms with Gasteiger partial charge in [-0.15, -0.1) is 0 Å². The van der Waals surface area contributed by atoms with E-state index in [1.807, 2.05) is 13.0 Å². The Morgan fingerprint density at radius 3 is 2.87 bits per heavy atom. The quantitative estimate of drug-likeness (QED) is 0.901. The van der Waals surface area contributed by atoms with Crippen LogP contribution in [0.1, 0.15) is 42.5 Å². The van der Waals surface area contributed by atoms with Gasteiger partial charge in [-0.3, -0.25) is 4.79 Å². The van der Waals surface area contributed by atoms with E-state index < -0.39 is 5.97 Å². The molecule has 7 nitrogen and oxygen atoms in total. The first-order valence-electron chi connectivity index (χ1n) is 7.73. The van der Waals surface area contributed by atoms with Crippen LogP contribution in [0.4, 0.5) is 5.95 Å². The van der Waals surface area contributed by atoms with Crippen LogP contribution in [0.5, 0.6) is 0 Å². The van der Waals surface area contributed by atoms with Crippen molar-refractivity contribution < 1.29 is 9.90 Å². The Balaban J connectivity index is 1.86. The summed E-state index contributed by atoms with van der Waals surface area (Å²) in [7, 11) is 0. The monoisotopic (exact) mass is 313 g/mol. The van der Waals surface area contributed by atoms with Crippen molar-refractivity contribution in [1.29, 1.82) is 0 Å². The normalized spacial score (nSPS) is 17.4. The van der Waals surface area contributed by atoms with Crippen molar-refractivity contribution in [2.75, 3.05) is 11.4 Å². The van der Waals surface area contributed by atoms with Crippen LogP contribution in [0, 0.1) is 6.92 Å². The number of nitrogens with zero attached hydrogens (tertiary/aromatic N) is 5. The van der Waals surface area contributed by atoms with Gasteiger partial charge in [0.05, 0.1) is 12.5 Å². The molecule has 2 aromatic rings. The highest BCUT2D eigenvalue weighted by Gasteiger charge is 2.30. The van der Waals surface area contributed by atoms with E-state index in [1.165, 1.54) is 0 Å². The van der Waals surface area contributed by atoms with Gasteiger partial charge in [0.25, 0.3) is 0 Å². The van der Waals surface area contributed by atoms with E-state index in [0.717, 1.165) is 36.6 Å². The highest BCUT2D eigenvalue weighted by Crippen LogP contribution is 2.32. The maximum Gasteiger partial charge on any atom is 0.303 e. The molecular weight excluding hydrogens is 294 g/mol. The molecule has 2 aromatic heterocycles. The molecule has 0 saturated carbocycles. The standard InChI is InChI=1S/C16H19N5O2/c1-11-10-12(5-6-14(22)23)20-15(19-11)13-4-2-9-21(13)16-17-7-3-8-18-16/h3,7-8,10,13H,2,4-6,9H2,1H3,(H,22,23)/t13-/m0/s1. The molecule has 1 N–H and O–H groups in total. The number of aryl methyl sites for hydroxylation is 2. The van der Waals surface area contributed by atoms with Crippen molar-refractivity contribution in [3.05, 3.63) is 41.7 Å². The molecule has 0 unspecified atom stereocenters. The zero-order chi connectivity index (χ0) is 16.2. The average Bonchev–Trinajstić information content (AvgIpc) is 3.03. The summed E-state index contributed by atoms with van der Waals surface area (Å²) < 4.78 is 0. The topological polar surface area (TPSA) is 92.1 Å². The number of rotatable bonds is 5. The number of carbonyl (C=O) groups is 1. The average molecular weight is 313 g/mol. The van der Waals surface area contributed by atoms with E-state index >= 15 is 0 Å². The molecule has 1 saturated heterocycles. The number of anilines is 1. The van der Waals surface area contributed by atoms with Crippen LogP contribution in [0.3, 0.4) is 0 Å². The third-order valence-corrected chi connectivity index (χ3v) is 3.88. The smallest absolute Gasteiger partial charge is 0.303 e. The predicted molar refractivity (Wildman–Crippen MR) is 84.1 cm³/mol. The molecule has 23 heavy (non-hydrogen) atoms. The van der Waals surface area contributed by atoms with Gasteiger partial charge in [0.2, 0.25) is 5.95 Å². The Hall–Kier alpha value is -2.57. The molecule has 3 heterocycles. The minimum Gasteiger partial charge on any atom is -0.481 e. The van der Waals surface area contributed by atoms with Gasteiger partial charge in [-0.25, -0.2) is 19.9 Å². The minimum absolute atomic E-state index is 0.0425. The van der Waals surface area contributed by atoms with E-state index in [1.54, 1.807) is 18.5 Å². The van der Waals surface area contributed by atoms with Crippen molar-refractivity contribution in [2.24, 2.45) is 0 Å². The molecule has 0 aromatic carbocycles. The van der Waals surface area contributed by atoms with Crippen LogP contribution in [-0.4, -0.2) is 37.6 Å². The van der Waals surface area contributed by atoms with Crippen molar-refractivity contribution in [2.45, 2.75) is 38.6 Å². The van der Waals surface area contributed by atoms with Crippen molar-refractivity contribution in [1.82, 2.24) is 19.9 Å². The van der Waals surface area contributed by atoms with Gasteiger partial charge >= 0.3 is 5.97 Å². The Morgan fingerprint density at radius 2 is 2.13 bits per heavy atom. The molecule has 1 atom stereocenters. The molecule has 0 amide bonds. The molecule has 7 heteroatoms. The Morgan fingerprint density at radius 1 is 1.35 bits per heavy atom. The van der Waals surface area contributed by atoms with Gasteiger partial charge in [-0.1, -0.05) is 0 Å². The molecule has 0 spiro atoms. The van der Waals surface area contributed by atoms with Gasteiger partial charge in [0.15, 0.2) is 5.82 Å². The van der Waals surface area contributed by atoms with Crippen molar-refractivity contribution in [3.8, 4) is 0 Å². The van der Waals surface area contributed by atoms with Crippen LogP contribution in [0.15, 0.2) is 24.5 Å². The summed E-state index contributed by atoms with van der Waals surface area (Å²) in [4.78, 5) is 30.7. The Kier molecular flexibility index (Phi) is 4.45. The summed E-state index contributed by atoms with van der Waals surface area (Å²) in [6.45, 7) is 2.78. The first-order chi connectivity index (χ1) is 11.1. The lowest BCUT2D eigenvalue weighted by atomic mass is 10.1. The zero-order valence-electron chi connectivity index (χ0n) is 13.0. The van der Waals surface area contributed by atoms with Crippen LogP contribution in [0.2, 0.25) is 0 Å². The second-order valence-corrected chi connectivity index (χ2v) is 5.65. The van der Waals surface area contributed by atoms with Crippen molar-refractivity contribution in [3.63, 3.8) is 0 Å². The predicted octanol–water partition coefficient (Wildman–Crippen LogP) is 1.93. The summed E-state index contributed by atoms with van der Waals surface area (Å²) >= 11 is 0. The van der Waals surface area contributed by atoms with Crippen LogP contribution < -0.4 is 4.90 Å². The van der Waals surface area contributed by atoms with Crippen molar-refractivity contribution >= 4 is 11.9 Å². The highest BCUT2D eigenvalue weighted by atomic mass is 16.4. The van der Waals surface area contributed by atoms with Gasteiger partial charge < -0.3 is 10.0 Å². The van der Waals surface area contributed by atoms with Gasteiger partial charge in [0, 0.05) is 36.7 Å². The number of carboxylic acids is 1. The summed E-state index contributed by atoms with van der Waals surface area (Å²) in [5, 5.41) is 8.85. The molecule has 3 rings (SSSR count). The second kappa shape index (κ2) is 6.68. The molecule has 0 aliphatic carbocycles. The Bertz CT molecular complexity index is 692. The van der Waals surface area contributed by atoms with Crippen LogP contribution in [0.25, 0.3) is 0 Å². The number of hydrogen-bond donors (Lipinski definition) is 1. The summed E-state index contributed by atoms with van der Waals surface area (Å²) in [5.41, 5.74) is 1.63. The van der Waals surface area contributed by atoms with Gasteiger partial charge in [0.1, 0.15) is 0 Å². The first kappa shape index (κ1) is 15.3. The number of carboxylic acid groups (broad SMARTS) is 1. The third kappa shape index (κ3) is 3.61. The molecule has 1 aliphatic rings. The molecule has 1 aliphatic heterocycles. The Labute approximate surface area is 134 Å². The lowest BCUT2D eigenvalue weighted by molar-refractivity contribution is -0.136. The third-order valence-electron chi connectivity index (χ3n) is 3.88. The molecular formula is C16H19N5O2. The fourth-order valence-electron chi connectivity index (χ4n) is 2.88. The second-order valence-electron chi connectivity index (χ2n) is 5.65. The number of hydrogen-bond acceptors (Lipinski definition) is 6. The summed E-state index contributed by atoms with van der Waals surface area (Å²) in [6.07, 6.45) is 5.93. The fourth-order valence-corrected chi connectivity index (χ4v) is 2.88. The minimum atomic E-state index is -0.817. The lowest BCUT2D eigenvalue weighted by Gasteiger charge is -2.23. The molecule has 1 fully saturated rings. The number of aliphatic carboxylic acids is 1. The van der Waals surface area contributed by atoms with E-state index in [9.17, 15) is 4.79 Å². The SMILES string of the molecule is Cc1cc(CCC(=O)O)nc([C@@H]2CCCN2c2ncccn2)n1. The first-order valence-corrected chi connectivity index (χ1v) is 7.73. The van der Waals surface area contributed by atoms with E-state index in [2.05, 4.69) is 24.8 Å². The largest absolute Gasteiger partial charge is 0.481 e. The number of aromatic nitrogens is 4. The lowest BCUT2D eigenvalue weighted by Crippen LogP contribution is -2.26. The summed E-state index contributed by atoms with van der Waals surface area (Å²) in [5.74, 6) is 0.602. The maximum atomic E-state index is 10.8. The highest BCUT2D eigenvalue weighted by molar-refractivity contribution is 5.66. The van der Waals surface area contributed by atoms with Gasteiger partial charge in [-0.05, 0) is 31.9 Å². The fraction of sp³-hybridized carbons (Fsp3) is 0.438. The summed E-state index contributed by atoms with van der Waals surface area (Å²) in [6, 6.07) is 3.69. The van der Waals surface area contributed by atoms with Gasteiger partial charge in [-0.2, -0.15) is 0 Å². The van der Waals surface area contributed by atoms with E-state index in [0.29, 0.717) is 12.4 Å². The van der Waals surface area contributed by atoms with E-state index in [4.69, 9.17) is 5.11 Å². The van der Waals surface area contributed by atoms with Crippen LogP contribution >= 0.6 is 0 Å². The van der Waals surface area contributed by atoms with Crippen LogP contribution in [-0.2, 0) is 11.2 Å². The van der Waals surface area contributed by atoms with E-state index in [-0.39, 0.29) is 12.5 Å². The zero-order valence-corrected chi connectivity index (χ0v) is 13.0. The molecule has 0 bridgehead atoms. The molecule has 120 valence electrons.